The van der Waals surface area contributed by atoms with Crippen molar-refractivity contribution in [3.63, 3.8) is 0 Å². The van der Waals surface area contributed by atoms with Gasteiger partial charge < -0.3 is 10.5 Å². The number of rotatable bonds is 3. The van der Waals surface area contributed by atoms with Crippen molar-refractivity contribution < 1.29 is 17.9 Å². The van der Waals surface area contributed by atoms with E-state index in [0.717, 1.165) is 12.1 Å². The molecule has 0 radical (unpaired) electrons. The molecule has 0 amide bonds. The fourth-order valence-electron chi connectivity index (χ4n) is 1.39. The largest absolute Gasteiger partial charge is 0.436 e. The summed E-state index contributed by atoms with van der Waals surface area (Å²) < 4.78 is 44.5. The highest BCUT2D eigenvalue weighted by Gasteiger charge is 2.11. The van der Waals surface area contributed by atoms with Gasteiger partial charge >= 0.3 is 0 Å². The van der Waals surface area contributed by atoms with E-state index in [1.165, 1.54) is 12.3 Å². The van der Waals surface area contributed by atoms with Crippen molar-refractivity contribution in [3.8, 4) is 11.6 Å². The Morgan fingerprint density at radius 2 is 1.78 bits per heavy atom. The van der Waals surface area contributed by atoms with Crippen LogP contribution in [0, 0.1) is 17.5 Å². The molecule has 0 saturated carbocycles. The Balaban J connectivity index is 2.34. The van der Waals surface area contributed by atoms with Crippen LogP contribution in [0.3, 0.4) is 0 Å². The average Bonchev–Trinajstić information content (AvgIpc) is 2.30. The Morgan fingerprint density at radius 1 is 1.11 bits per heavy atom. The van der Waals surface area contributed by atoms with Crippen LogP contribution in [0.15, 0.2) is 30.5 Å². The van der Waals surface area contributed by atoms with Gasteiger partial charge in [0.1, 0.15) is 17.4 Å². The summed E-state index contributed by atoms with van der Waals surface area (Å²) in [5, 5.41) is 0. The molecule has 2 N–H and O–H groups in total. The summed E-state index contributed by atoms with van der Waals surface area (Å²) in [6.07, 6.45) is 1.30. The molecule has 0 fully saturated rings. The highest BCUT2D eigenvalue weighted by atomic mass is 19.1. The van der Waals surface area contributed by atoms with Crippen LogP contribution >= 0.6 is 0 Å². The molecule has 2 aromatic rings. The topological polar surface area (TPSA) is 48.1 Å². The second-order valence-electron chi connectivity index (χ2n) is 3.50. The van der Waals surface area contributed by atoms with Crippen LogP contribution in [0.2, 0.25) is 0 Å². The molecule has 0 aliphatic heterocycles. The maximum Gasteiger partial charge on any atom is 0.256 e. The molecule has 1 aromatic heterocycles. The molecular weight excluding hydrogens is 245 g/mol. The second kappa shape index (κ2) is 5.05. The predicted molar refractivity (Wildman–Crippen MR) is 58.5 cm³/mol. The summed E-state index contributed by atoms with van der Waals surface area (Å²) in [5.41, 5.74) is 5.52. The maximum absolute atomic E-state index is 13.7. The van der Waals surface area contributed by atoms with Crippen molar-refractivity contribution in [1.82, 2.24) is 4.98 Å². The van der Waals surface area contributed by atoms with Crippen LogP contribution < -0.4 is 10.5 Å². The van der Waals surface area contributed by atoms with Gasteiger partial charge in [-0.1, -0.05) is 0 Å². The van der Waals surface area contributed by atoms with E-state index in [9.17, 15) is 13.2 Å². The first-order chi connectivity index (χ1) is 8.60. The lowest BCUT2D eigenvalue weighted by Gasteiger charge is -2.07. The first-order valence-electron chi connectivity index (χ1n) is 5.07. The standard InChI is InChI=1S/C12H9F3N2O/c13-8-3-9(14)5-10(4-8)18-12-11(15)7(6-16)1-2-17-12/h1-5H,6,16H2. The Bertz CT molecular complexity index is 555. The van der Waals surface area contributed by atoms with Gasteiger partial charge in [-0.25, -0.2) is 18.2 Å². The monoisotopic (exact) mass is 254 g/mol. The van der Waals surface area contributed by atoms with E-state index in [1.54, 1.807) is 0 Å². The zero-order valence-electron chi connectivity index (χ0n) is 9.16. The fourth-order valence-corrected chi connectivity index (χ4v) is 1.39. The minimum Gasteiger partial charge on any atom is -0.436 e. The minimum absolute atomic E-state index is 0.0256. The number of benzene rings is 1. The van der Waals surface area contributed by atoms with Gasteiger partial charge in [-0.05, 0) is 6.07 Å². The molecule has 0 spiro atoms. The molecule has 1 heterocycles. The van der Waals surface area contributed by atoms with Gasteiger partial charge in [0, 0.05) is 36.5 Å². The maximum atomic E-state index is 13.7. The number of ether oxygens (including phenoxy) is 1. The highest BCUT2D eigenvalue weighted by molar-refractivity contribution is 5.31. The molecule has 0 aliphatic rings. The third-order valence-electron chi connectivity index (χ3n) is 2.21. The molecule has 0 unspecified atom stereocenters. The lowest BCUT2D eigenvalue weighted by atomic mass is 10.2. The van der Waals surface area contributed by atoms with Crippen LogP contribution in [0.25, 0.3) is 0 Å². The van der Waals surface area contributed by atoms with Gasteiger partial charge in [0.05, 0.1) is 0 Å². The minimum atomic E-state index is -0.819. The summed E-state index contributed by atoms with van der Waals surface area (Å²) in [6.45, 7) is -0.0256. The second-order valence-corrected chi connectivity index (χ2v) is 3.50. The first kappa shape index (κ1) is 12.4. The van der Waals surface area contributed by atoms with Crippen LogP contribution in [0.1, 0.15) is 5.56 Å². The van der Waals surface area contributed by atoms with Crippen molar-refractivity contribution in [2.24, 2.45) is 5.73 Å². The molecule has 6 heteroatoms. The molecular formula is C12H9F3N2O. The summed E-state index contributed by atoms with van der Waals surface area (Å²) in [6, 6.07) is 3.94. The fraction of sp³-hybridized carbons (Fsp3) is 0.0833. The van der Waals surface area contributed by atoms with Gasteiger partial charge in [-0.15, -0.1) is 0 Å². The molecule has 0 saturated heterocycles. The molecule has 0 aliphatic carbocycles. The normalized spacial score (nSPS) is 10.4. The van der Waals surface area contributed by atoms with E-state index in [1.807, 2.05) is 0 Å². The molecule has 1 aromatic carbocycles. The summed E-state index contributed by atoms with van der Waals surface area (Å²) in [5.74, 6) is -2.93. The van der Waals surface area contributed by atoms with Gasteiger partial charge in [0.15, 0.2) is 5.82 Å². The molecule has 0 atom stereocenters. The molecule has 18 heavy (non-hydrogen) atoms. The van der Waals surface area contributed by atoms with E-state index in [4.69, 9.17) is 10.5 Å². The van der Waals surface area contributed by atoms with Crippen LogP contribution in [0.5, 0.6) is 11.6 Å². The summed E-state index contributed by atoms with van der Waals surface area (Å²) in [7, 11) is 0. The Morgan fingerprint density at radius 3 is 2.39 bits per heavy atom. The molecule has 2 rings (SSSR count). The number of pyridine rings is 1. The number of halogens is 3. The summed E-state index contributed by atoms with van der Waals surface area (Å²) >= 11 is 0. The highest BCUT2D eigenvalue weighted by Crippen LogP contribution is 2.25. The van der Waals surface area contributed by atoms with Crippen LogP contribution in [-0.2, 0) is 6.54 Å². The molecule has 0 bridgehead atoms. The molecule has 94 valence electrons. The van der Waals surface area contributed by atoms with Gasteiger partial charge in [-0.3, -0.25) is 0 Å². The van der Waals surface area contributed by atoms with Gasteiger partial charge in [0.2, 0.25) is 0 Å². The van der Waals surface area contributed by atoms with Crippen molar-refractivity contribution >= 4 is 0 Å². The van der Waals surface area contributed by atoms with Crippen molar-refractivity contribution in [2.45, 2.75) is 6.54 Å². The lowest BCUT2D eigenvalue weighted by Crippen LogP contribution is -2.02. The quantitative estimate of drug-likeness (QED) is 0.916. The van der Waals surface area contributed by atoms with Crippen molar-refractivity contribution in [2.75, 3.05) is 0 Å². The van der Waals surface area contributed by atoms with Gasteiger partial charge in [0.25, 0.3) is 5.88 Å². The van der Waals surface area contributed by atoms with E-state index in [0.29, 0.717) is 6.07 Å². The van der Waals surface area contributed by atoms with Crippen molar-refractivity contribution in [3.05, 3.63) is 53.5 Å². The SMILES string of the molecule is NCc1ccnc(Oc2cc(F)cc(F)c2)c1F. The zero-order chi connectivity index (χ0) is 13.1. The average molecular weight is 254 g/mol. The zero-order valence-corrected chi connectivity index (χ0v) is 9.16. The number of nitrogens with zero attached hydrogens (tertiary/aromatic N) is 1. The van der Waals surface area contributed by atoms with E-state index in [-0.39, 0.29) is 23.7 Å². The lowest BCUT2D eigenvalue weighted by molar-refractivity contribution is 0.412. The Kier molecular flexibility index (Phi) is 3.47. The van der Waals surface area contributed by atoms with Crippen LogP contribution in [-0.4, -0.2) is 4.98 Å². The van der Waals surface area contributed by atoms with E-state index in [2.05, 4.69) is 4.98 Å². The number of hydrogen-bond donors (Lipinski definition) is 1. The Labute approximate surface area is 101 Å². The third-order valence-corrected chi connectivity index (χ3v) is 2.21. The molecule has 3 nitrogen and oxygen atoms in total. The summed E-state index contributed by atoms with van der Waals surface area (Å²) in [4.78, 5) is 3.64. The third kappa shape index (κ3) is 2.60. The smallest absolute Gasteiger partial charge is 0.256 e. The predicted octanol–water partition coefficient (Wildman–Crippen LogP) is 2.75. The first-order valence-corrected chi connectivity index (χ1v) is 5.07. The van der Waals surface area contributed by atoms with E-state index >= 15 is 0 Å². The Hall–Kier alpha value is -2.08. The number of nitrogens with two attached hydrogens (primary N) is 1. The van der Waals surface area contributed by atoms with E-state index < -0.39 is 17.5 Å². The number of aromatic nitrogens is 1. The van der Waals surface area contributed by atoms with Crippen molar-refractivity contribution in [1.29, 1.82) is 0 Å². The van der Waals surface area contributed by atoms with Crippen LogP contribution in [0.4, 0.5) is 13.2 Å². The number of hydrogen-bond acceptors (Lipinski definition) is 3. The van der Waals surface area contributed by atoms with Gasteiger partial charge in [-0.2, -0.15) is 0 Å².